The molecule has 0 amide bonds. The highest BCUT2D eigenvalue weighted by Gasteiger charge is 2.22. The maximum absolute atomic E-state index is 11.3. The topological polar surface area (TPSA) is 81.2 Å². The number of carbonyl (C=O) groups is 1. The molecule has 0 bridgehead atoms. The van der Waals surface area contributed by atoms with Crippen molar-refractivity contribution < 1.29 is 9.90 Å². The summed E-state index contributed by atoms with van der Waals surface area (Å²) >= 11 is 6.33. The van der Waals surface area contributed by atoms with Crippen LogP contribution in [0.3, 0.4) is 0 Å². The van der Waals surface area contributed by atoms with E-state index in [9.17, 15) is 9.90 Å². The Kier molecular flexibility index (Phi) is 4.42. The van der Waals surface area contributed by atoms with E-state index in [1.54, 1.807) is 12.1 Å². The Morgan fingerprint density at radius 1 is 1.31 bits per heavy atom. The first kappa shape index (κ1) is 16.7. The Morgan fingerprint density at radius 3 is 3.04 bits per heavy atom. The molecule has 1 aromatic heterocycles. The van der Waals surface area contributed by atoms with E-state index in [-0.39, 0.29) is 11.6 Å². The molecule has 0 spiro atoms. The van der Waals surface area contributed by atoms with Gasteiger partial charge in [0.1, 0.15) is 0 Å². The van der Waals surface area contributed by atoms with Gasteiger partial charge in [-0.15, -0.1) is 0 Å². The summed E-state index contributed by atoms with van der Waals surface area (Å²) in [5, 5.41) is 21.5. The number of aromatic amines is 1. The van der Waals surface area contributed by atoms with Gasteiger partial charge in [0.25, 0.3) is 0 Å². The Hall–Kier alpha value is -2.73. The number of carboxylic acids is 1. The molecule has 3 N–H and O–H groups in total. The second-order valence-electron chi connectivity index (χ2n) is 6.57. The fourth-order valence-corrected chi connectivity index (χ4v) is 3.71. The fraction of sp³-hybridized carbons (Fsp3) is 0.263. The van der Waals surface area contributed by atoms with Gasteiger partial charge in [-0.25, -0.2) is 4.79 Å². The van der Waals surface area contributed by atoms with Gasteiger partial charge in [0, 0.05) is 30.2 Å². The maximum Gasteiger partial charge on any atom is 0.335 e. The Labute approximate surface area is 155 Å². The lowest BCUT2D eigenvalue weighted by atomic mass is 10.0. The van der Waals surface area contributed by atoms with E-state index in [1.807, 2.05) is 18.3 Å². The van der Waals surface area contributed by atoms with E-state index in [0.717, 1.165) is 48.2 Å². The quantitative estimate of drug-likeness (QED) is 0.646. The number of aromatic nitrogens is 2. The summed E-state index contributed by atoms with van der Waals surface area (Å²) < 4.78 is 0. The van der Waals surface area contributed by atoms with Crippen molar-refractivity contribution in [1.29, 1.82) is 0 Å². The van der Waals surface area contributed by atoms with E-state index in [1.165, 1.54) is 6.07 Å². The van der Waals surface area contributed by atoms with Crippen molar-refractivity contribution in [2.24, 2.45) is 0 Å². The number of hydrogen-bond acceptors (Lipinski definition) is 4. The normalized spacial score (nSPS) is 17.4. The summed E-state index contributed by atoms with van der Waals surface area (Å²) in [4.78, 5) is 13.4. The van der Waals surface area contributed by atoms with Crippen LogP contribution in [0.4, 0.5) is 11.4 Å². The Morgan fingerprint density at radius 2 is 2.19 bits per heavy atom. The average Bonchev–Trinajstić information content (AvgIpc) is 3.10. The van der Waals surface area contributed by atoms with Crippen LogP contribution in [0.2, 0.25) is 5.02 Å². The Bertz CT molecular complexity index is 956. The monoisotopic (exact) mass is 370 g/mol. The highest BCUT2D eigenvalue weighted by Crippen LogP contribution is 2.30. The first-order valence-corrected chi connectivity index (χ1v) is 8.95. The van der Waals surface area contributed by atoms with Crippen molar-refractivity contribution in [1.82, 2.24) is 10.2 Å². The minimum Gasteiger partial charge on any atom is -0.478 e. The summed E-state index contributed by atoms with van der Waals surface area (Å²) in [6.07, 6.45) is 3.88. The van der Waals surface area contributed by atoms with Crippen molar-refractivity contribution in [2.75, 3.05) is 23.3 Å². The maximum atomic E-state index is 11.3. The second kappa shape index (κ2) is 6.88. The molecule has 0 saturated carbocycles. The third-order valence-electron chi connectivity index (χ3n) is 4.77. The molecule has 1 saturated heterocycles. The van der Waals surface area contributed by atoms with Gasteiger partial charge in [-0.2, -0.15) is 5.10 Å². The summed E-state index contributed by atoms with van der Waals surface area (Å²) in [5.74, 6) is -0.942. The molecule has 1 atom stereocenters. The van der Waals surface area contributed by atoms with Crippen molar-refractivity contribution in [3.63, 3.8) is 0 Å². The fourth-order valence-electron chi connectivity index (χ4n) is 3.47. The van der Waals surface area contributed by atoms with E-state index in [4.69, 9.17) is 11.6 Å². The van der Waals surface area contributed by atoms with Crippen LogP contribution in [-0.2, 0) is 0 Å². The largest absolute Gasteiger partial charge is 0.478 e. The van der Waals surface area contributed by atoms with Gasteiger partial charge in [-0.3, -0.25) is 5.10 Å². The molecule has 1 unspecified atom stereocenters. The zero-order valence-corrected chi connectivity index (χ0v) is 14.8. The number of piperidine rings is 1. The molecule has 6 nitrogen and oxygen atoms in total. The van der Waals surface area contributed by atoms with Crippen LogP contribution >= 0.6 is 11.6 Å². The predicted octanol–water partition coefficient (Wildman–Crippen LogP) is 4.00. The van der Waals surface area contributed by atoms with Crippen LogP contribution < -0.4 is 10.2 Å². The molecule has 3 aromatic rings. The van der Waals surface area contributed by atoms with Crippen LogP contribution in [0.5, 0.6) is 0 Å². The molecule has 26 heavy (non-hydrogen) atoms. The Balaban J connectivity index is 1.52. The molecule has 1 aliphatic heterocycles. The number of rotatable bonds is 4. The van der Waals surface area contributed by atoms with Crippen molar-refractivity contribution in [3.05, 3.63) is 53.2 Å². The summed E-state index contributed by atoms with van der Waals surface area (Å²) in [6.45, 7) is 1.63. The zero-order chi connectivity index (χ0) is 18.1. The number of nitrogens with one attached hydrogen (secondary N) is 2. The van der Waals surface area contributed by atoms with Crippen LogP contribution in [0, 0.1) is 0 Å². The first-order valence-electron chi connectivity index (χ1n) is 8.57. The van der Waals surface area contributed by atoms with Gasteiger partial charge in [-0.05, 0) is 49.2 Å². The molecule has 0 radical (unpaired) electrons. The van der Waals surface area contributed by atoms with Crippen molar-refractivity contribution >= 4 is 39.8 Å². The zero-order valence-electron chi connectivity index (χ0n) is 14.1. The molecule has 2 aromatic carbocycles. The highest BCUT2D eigenvalue weighted by atomic mass is 35.5. The highest BCUT2D eigenvalue weighted by molar-refractivity contribution is 6.33. The van der Waals surface area contributed by atoms with Crippen LogP contribution in [0.15, 0.2) is 42.6 Å². The number of carboxylic acid groups (broad SMARTS) is 1. The lowest BCUT2D eigenvalue weighted by Crippen LogP contribution is -2.42. The summed E-state index contributed by atoms with van der Waals surface area (Å²) in [5.41, 5.74) is 3.10. The van der Waals surface area contributed by atoms with Crippen LogP contribution in [-0.4, -0.2) is 40.4 Å². The van der Waals surface area contributed by atoms with Crippen molar-refractivity contribution in [3.8, 4) is 0 Å². The molecule has 2 heterocycles. The van der Waals surface area contributed by atoms with Gasteiger partial charge < -0.3 is 15.3 Å². The van der Waals surface area contributed by atoms with E-state index < -0.39 is 5.97 Å². The number of hydrogen-bond donors (Lipinski definition) is 3. The molecular formula is C19H19ClN4O2. The van der Waals surface area contributed by atoms with Gasteiger partial charge >= 0.3 is 5.97 Å². The standard InChI is InChI=1S/C19H19ClN4O2/c20-16-5-3-12(19(25)26)9-18(16)24-7-1-2-15(11-24)22-14-4-6-17-13(8-14)10-21-23-17/h3-6,8-10,15,22H,1-2,7,11H2,(H,21,23)(H,25,26). The molecule has 7 heteroatoms. The van der Waals surface area contributed by atoms with Crippen LogP contribution in [0.25, 0.3) is 10.9 Å². The smallest absolute Gasteiger partial charge is 0.335 e. The van der Waals surface area contributed by atoms with E-state index in [0.29, 0.717) is 5.02 Å². The van der Waals surface area contributed by atoms with Gasteiger partial charge in [0.05, 0.1) is 28.0 Å². The van der Waals surface area contributed by atoms with Crippen molar-refractivity contribution in [2.45, 2.75) is 18.9 Å². The number of fused-ring (bicyclic) bond motifs is 1. The number of anilines is 2. The van der Waals surface area contributed by atoms with Gasteiger partial charge in [-0.1, -0.05) is 11.6 Å². The molecule has 1 fully saturated rings. The number of halogens is 1. The molecule has 1 aliphatic rings. The lowest BCUT2D eigenvalue weighted by molar-refractivity contribution is 0.0697. The minimum atomic E-state index is -0.942. The predicted molar refractivity (Wildman–Crippen MR) is 103 cm³/mol. The SMILES string of the molecule is O=C(O)c1ccc(Cl)c(N2CCCC(Nc3ccc4[nH]ncc4c3)C2)c1. The minimum absolute atomic E-state index is 0.255. The number of aromatic carboxylic acids is 1. The number of H-pyrrole nitrogens is 1. The summed E-state index contributed by atoms with van der Waals surface area (Å²) in [7, 11) is 0. The third kappa shape index (κ3) is 3.32. The first-order chi connectivity index (χ1) is 12.6. The third-order valence-corrected chi connectivity index (χ3v) is 5.09. The van der Waals surface area contributed by atoms with Gasteiger partial charge in [0.15, 0.2) is 0 Å². The molecule has 4 rings (SSSR count). The van der Waals surface area contributed by atoms with E-state index >= 15 is 0 Å². The van der Waals surface area contributed by atoms with Crippen LogP contribution in [0.1, 0.15) is 23.2 Å². The second-order valence-corrected chi connectivity index (χ2v) is 6.98. The van der Waals surface area contributed by atoms with E-state index in [2.05, 4.69) is 26.5 Å². The molecule has 134 valence electrons. The number of nitrogens with zero attached hydrogens (tertiary/aromatic N) is 2. The molecular weight excluding hydrogens is 352 g/mol. The van der Waals surface area contributed by atoms with Gasteiger partial charge in [0.2, 0.25) is 0 Å². The lowest BCUT2D eigenvalue weighted by Gasteiger charge is -2.35. The number of benzene rings is 2. The summed E-state index contributed by atoms with van der Waals surface area (Å²) in [6, 6.07) is 11.2. The molecule has 0 aliphatic carbocycles. The average molecular weight is 371 g/mol.